The number of ether oxygens (including phenoxy) is 1. The highest BCUT2D eigenvalue weighted by Crippen LogP contribution is 2.52. The third kappa shape index (κ3) is 8.01. The van der Waals surface area contributed by atoms with E-state index in [0.717, 1.165) is 50.5 Å². The molecule has 2 unspecified atom stereocenters. The van der Waals surface area contributed by atoms with Crippen LogP contribution in [0.5, 0.6) is 11.5 Å². The number of phenolic OH excluding ortho intramolecular Hbond substituents is 1. The molecule has 31 heavy (non-hydrogen) atoms. The van der Waals surface area contributed by atoms with Crippen LogP contribution in [-0.2, 0) is 25.0 Å². The monoisotopic (exact) mass is 452 g/mol. The Morgan fingerprint density at radius 3 is 2.68 bits per heavy atom. The van der Waals surface area contributed by atoms with Crippen LogP contribution in [0.25, 0.3) is 0 Å². The highest BCUT2D eigenvalue weighted by atomic mass is 31.2. The van der Waals surface area contributed by atoms with Gasteiger partial charge < -0.3 is 18.9 Å². The molecule has 1 N–H and O–H groups in total. The molecule has 1 aliphatic rings. The van der Waals surface area contributed by atoms with Gasteiger partial charge >= 0.3 is 13.6 Å². The predicted octanol–water partition coefficient (Wildman–Crippen LogP) is 6.51. The minimum absolute atomic E-state index is 0.0137. The van der Waals surface area contributed by atoms with E-state index in [2.05, 4.69) is 19.9 Å². The lowest BCUT2D eigenvalue weighted by Gasteiger charge is -2.26. The Morgan fingerprint density at radius 1 is 1.26 bits per heavy atom. The quantitative estimate of drug-likeness (QED) is 0.168. The molecule has 0 radical (unpaired) electrons. The van der Waals surface area contributed by atoms with Gasteiger partial charge in [-0.3, -0.25) is 4.79 Å². The Balaban J connectivity index is 2.32. The number of aryl methyl sites for hydroxylation is 1. The Hall–Kier alpha value is -1.78. The molecule has 2 atom stereocenters. The molecule has 0 fully saturated rings. The van der Waals surface area contributed by atoms with E-state index in [0.29, 0.717) is 17.7 Å². The number of hydrogen-bond donors (Lipinski definition) is 1. The number of unbranched alkanes of at least 4 members (excludes halogenated alkanes) is 2. The lowest BCUT2D eigenvalue weighted by molar-refractivity contribution is -0.140. The zero-order valence-electron chi connectivity index (χ0n) is 19.3. The molecule has 0 aliphatic heterocycles. The van der Waals surface area contributed by atoms with Crippen LogP contribution in [0, 0.1) is 0 Å². The topological polar surface area (TPSA) is 82.1 Å². The summed E-state index contributed by atoms with van der Waals surface area (Å²) in [4.78, 5) is 11.0. The van der Waals surface area contributed by atoms with Crippen molar-refractivity contribution in [1.29, 1.82) is 0 Å². The highest BCUT2D eigenvalue weighted by Gasteiger charge is 2.29. The van der Waals surface area contributed by atoms with E-state index < -0.39 is 7.60 Å². The van der Waals surface area contributed by atoms with Gasteiger partial charge in [0.15, 0.2) is 0 Å². The molecule has 0 saturated heterocycles. The van der Waals surface area contributed by atoms with Gasteiger partial charge in [0.25, 0.3) is 0 Å². The Morgan fingerprint density at radius 2 is 2.03 bits per heavy atom. The number of esters is 1. The van der Waals surface area contributed by atoms with Gasteiger partial charge in [-0.1, -0.05) is 31.4 Å². The summed E-state index contributed by atoms with van der Waals surface area (Å²) in [6, 6.07) is 3.72. The second-order valence-electron chi connectivity index (χ2n) is 8.30. The first kappa shape index (κ1) is 25.5. The molecule has 0 amide bonds. The molecule has 1 aromatic carbocycles. The van der Waals surface area contributed by atoms with Crippen LogP contribution in [0.4, 0.5) is 0 Å². The summed E-state index contributed by atoms with van der Waals surface area (Å²) < 4.78 is 29.5. The molecule has 0 aromatic heterocycles. The molecule has 1 aliphatic carbocycles. The van der Waals surface area contributed by atoms with Crippen molar-refractivity contribution in [1.82, 2.24) is 0 Å². The molecular weight excluding hydrogens is 415 g/mol. The summed E-state index contributed by atoms with van der Waals surface area (Å²) in [7, 11) is -2.11. The first-order chi connectivity index (χ1) is 14.8. The van der Waals surface area contributed by atoms with Crippen molar-refractivity contribution >= 4 is 13.6 Å². The van der Waals surface area contributed by atoms with E-state index in [1.54, 1.807) is 0 Å². The first-order valence-electron chi connectivity index (χ1n) is 11.3. The number of carbonyl (C=O) groups is 1. The van der Waals surface area contributed by atoms with Crippen LogP contribution in [0.15, 0.2) is 23.8 Å². The molecule has 0 saturated carbocycles. The molecule has 2 rings (SSSR count). The zero-order chi connectivity index (χ0) is 22.9. The van der Waals surface area contributed by atoms with E-state index in [-0.39, 0.29) is 30.4 Å². The SMILES string of the molecule is CCCCCc1cc(O)c(C2C=C(C)CCC2)c(OP(=O)(CCCOC(C)=O)OC)c1. The fourth-order valence-electron chi connectivity index (χ4n) is 3.98. The summed E-state index contributed by atoms with van der Waals surface area (Å²) in [6.45, 7) is 5.74. The standard InChI is InChI=1S/C24H37O6P/c1-5-6-7-11-20-16-22(26)24(21-12-8-10-18(2)15-21)23(17-20)30-31(27,28-4)14-9-13-29-19(3)25/h15-17,21,26H,5-14H2,1-4H3. The van der Waals surface area contributed by atoms with Crippen LogP contribution in [-0.4, -0.2) is 31.0 Å². The van der Waals surface area contributed by atoms with Crippen LogP contribution in [0.2, 0.25) is 0 Å². The van der Waals surface area contributed by atoms with Crippen LogP contribution < -0.4 is 4.52 Å². The minimum Gasteiger partial charge on any atom is -0.507 e. The maximum Gasteiger partial charge on any atom is 0.379 e. The van der Waals surface area contributed by atoms with Gasteiger partial charge in [-0.15, -0.1) is 0 Å². The van der Waals surface area contributed by atoms with Gasteiger partial charge in [0.2, 0.25) is 0 Å². The molecule has 0 spiro atoms. The number of benzene rings is 1. The fraction of sp³-hybridized carbons (Fsp3) is 0.625. The lowest BCUT2D eigenvalue weighted by atomic mass is 9.84. The van der Waals surface area contributed by atoms with Crippen molar-refractivity contribution in [2.24, 2.45) is 0 Å². The third-order valence-electron chi connectivity index (χ3n) is 5.59. The number of rotatable bonds is 12. The summed E-state index contributed by atoms with van der Waals surface area (Å²) in [5.41, 5.74) is 2.92. The molecule has 7 heteroatoms. The van der Waals surface area contributed by atoms with Crippen molar-refractivity contribution in [2.75, 3.05) is 19.9 Å². The predicted molar refractivity (Wildman–Crippen MR) is 123 cm³/mol. The Labute approximate surface area is 186 Å². The molecule has 1 aromatic rings. The van der Waals surface area contributed by atoms with Crippen molar-refractivity contribution < 1.29 is 28.3 Å². The van der Waals surface area contributed by atoms with Crippen molar-refractivity contribution in [3.8, 4) is 11.5 Å². The average Bonchev–Trinajstić information content (AvgIpc) is 2.71. The van der Waals surface area contributed by atoms with E-state index >= 15 is 0 Å². The number of carbonyl (C=O) groups excluding carboxylic acids is 1. The fourth-order valence-corrected chi connectivity index (χ4v) is 5.29. The summed E-state index contributed by atoms with van der Waals surface area (Å²) in [5, 5.41) is 10.9. The minimum atomic E-state index is -3.47. The molecular formula is C24H37O6P. The van der Waals surface area contributed by atoms with E-state index in [1.807, 2.05) is 12.1 Å². The molecule has 0 bridgehead atoms. The normalized spacial score (nSPS) is 18.2. The summed E-state index contributed by atoms with van der Waals surface area (Å²) >= 11 is 0. The van der Waals surface area contributed by atoms with E-state index in [4.69, 9.17) is 13.8 Å². The van der Waals surface area contributed by atoms with Gasteiger partial charge in [-0.25, -0.2) is 4.57 Å². The average molecular weight is 453 g/mol. The van der Waals surface area contributed by atoms with Crippen LogP contribution in [0.1, 0.15) is 82.8 Å². The van der Waals surface area contributed by atoms with Gasteiger partial charge in [-0.05, 0) is 63.1 Å². The Kier molecular flexibility index (Phi) is 10.1. The maximum atomic E-state index is 13.3. The van der Waals surface area contributed by atoms with Crippen molar-refractivity contribution in [2.45, 2.75) is 78.1 Å². The lowest BCUT2D eigenvalue weighted by Crippen LogP contribution is -2.09. The zero-order valence-corrected chi connectivity index (χ0v) is 20.2. The van der Waals surface area contributed by atoms with Crippen LogP contribution in [0.3, 0.4) is 0 Å². The first-order valence-corrected chi connectivity index (χ1v) is 13.0. The number of allylic oxidation sites excluding steroid dienone is 2. The van der Waals surface area contributed by atoms with Gasteiger partial charge in [-0.2, -0.15) is 0 Å². The van der Waals surface area contributed by atoms with E-state index in [9.17, 15) is 14.5 Å². The van der Waals surface area contributed by atoms with Crippen molar-refractivity contribution in [3.05, 3.63) is 34.9 Å². The Bertz CT molecular complexity index is 817. The number of phenols is 1. The van der Waals surface area contributed by atoms with Crippen LogP contribution >= 0.6 is 7.60 Å². The van der Waals surface area contributed by atoms with Gasteiger partial charge in [0, 0.05) is 25.5 Å². The summed E-state index contributed by atoms with van der Waals surface area (Å²) in [5.74, 6) is 0.252. The highest BCUT2D eigenvalue weighted by molar-refractivity contribution is 7.54. The number of aromatic hydroxyl groups is 1. The second-order valence-corrected chi connectivity index (χ2v) is 10.5. The molecule has 0 heterocycles. The van der Waals surface area contributed by atoms with E-state index in [1.165, 1.54) is 19.6 Å². The smallest absolute Gasteiger partial charge is 0.379 e. The maximum absolute atomic E-state index is 13.3. The summed E-state index contributed by atoms with van der Waals surface area (Å²) in [6.07, 6.45) is 9.70. The largest absolute Gasteiger partial charge is 0.507 e. The molecule has 174 valence electrons. The molecule has 6 nitrogen and oxygen atoms in total. The third-order valence-corrected chi connectivity index (χ3v) is 7.48. The van der Waals surface area contributed by atoms with Gasteiger partial charge in [0.1, 0.15) is 11.5 Å². The number of hydrogen-bond acceptors (Lipinski definition) is 6. The van der Waals surface area contributed by atoms with Gasteiger partial charge in [0.05, 0.1) is 12.8 Å². The van der Waals surface area contributed by atoms with Crippen molar-refractivity contribution in [3.63, 3.8) is 0 Å². The second kappa shape index (κ2) is 12.3.